The first-order valence-electron chi connectivity index (χ1n) is 7.25. The second kappa shape index (κ2) is 7.22. The van der Waals surface area contributed by atoms with Crippen molar-refractivity contribution in [3.8, 4) is 0 Å². The van der Waals surface area contributed by atoms with E-state index < -0.39 is 6.10 Å². The van der Waals surface area contributed by atoms with E-state index in [1.807, 2.05) is 37.3 Å². The van der Waals surface area contributed by atoms with Crippen molar-refractivity contribution in [1.29, 1.82) is 0 Å². The molecule has 0 radical (unpaired) electrons. The Hall–Kier alpha value is -1.64. The summed E-state index contributed by atoms with van der Waals surface area (Å²) >= 11 is 0. The molecule has 0 aromatic heterocycles. The third kappa shape index (κ3) is 3.92. The van der Waals surface area contributed by atoms with Gasteiger partial charge in [-0.3, -0.25) is 0 Å². The topological polar surface area (TPSA) is 32.3 Å². The van der Waals surface area contributed by atoms with E-state index in [0.717, 1.165) is 18.5 Å². The van der Waals surface area contributed by atoms with Crippen LogP contribution in [0.25, 0.3) is 0 Å². The second-order valence-electron chi connectivity index (χ2n) is 5.20. The molecule has 0 bridgehead atoms. The van der Waals surface area contributed by atoms with E-state index >= 15 is 0 Å². The zero-order valence-electron chi connectivity index (χ0n) is 12.2. The lowest BCUT2D eigenvalue weighted by Gasteiger charge is -2.20. The van der Waals surface area contributed by atoms with Crippen LogP contribution < -0.4 is 5.32 Å². The van der Waals surface area contributed by atoms with Crippen molar-refractivity contribution >= 4 is 0 Å². The average molecular weight is 269 g/mol. The number of aliphatic hydroxyl groups is 1. The van der Waals surface area contributed by atoms with Crippen LogP contribution in [0.1, 0.15) is 36.6 Å². The molecule has 2 N–H and O–H groups in total. The highest BCUT2D eigenvalue weighted by Crippen LogP contribution is 2.16. The molecule has 0 heterocycles. The fourth-order valence-corrected chi connectivity index (χ4v) is 2.22. The number of hydrogen-bond acceptors (Lipinski definition) is 2. The van der Waals surface area contributed by atoms with Crippen molar-refractivity contribution in [3.63, 3.8) is 0 Å². The smallest absolute Gasteiger partial charge is 0.0940 e. The monoisotopic (exact) mass is 269 g/mol. The fourth-order valence-electron chi connectivity index (χ4n) is 2.22. The molecule has 0 saturated heterocycles. The first kappa shape index (κ1) is 14.8. The van der Waals surface area contributed by atoms with Gasteiger partial charge in [-0.15, -0.1) is 0 Å². The molecule has 2 rings (SSSR count). The van der Waals surface area contributed by atoms with Crippen LogP contribution in [0.3, 0.4) is 0 Å². The molecule has 0 aliphatic heterocycles. The number of rotatable bonds is 6. The van der Waals surface area contributed by atoms with E-state index in [4.69, 9.17) is 0 Å². The number of nitrogens with one attached hydrogen (secondary N) is 1. The maximum absolute atomic E-state index is 10.3. The highest BCUT2D eigenvalue weighted by atomic mass is 16.3. The molecule has 2 aromatic carbocycles. The van der Waals surface area contributed by atoms with Crippen LogP contribution in [0.5, 0.6) is 0 Å². The van der Waals surface area contributed by atoms with E-state index in [1.54, 1.807) is 0 Å². The zero-order chi connectivity index (χ0) is 14.4. The standard InChI is InChI=1S/C18H23NO/c1-3-15-9-11-16(12-10-15)13-19-14(2)18(20)17-7-5-4-6-8-17/h4-12,14,18-20H,3,13H2,1-2H3/t14-,18-/m1/s1. The van der Waals surface area contributed by atoms with Gasteiger partial charge in [0.1, 0.15) is 0 Å². The molecule has 2 aromatic rings. The van der Waals surface area contributed by atoms with Crippen molar-refractivity contribution in [2.75, 3.05) is 0 Å². The Kier molecular flexibility index (Phi) is 5.33. The molecule has 20 heavy (non-hydrogen) atoms. The first-order valence-corrected chi connectivity index (χ1v) is 7.25. The zero-order valence-corrected chi connectivity index (χ0v) is 12.2. The number of aliphatic hydroxyl groups excluding tert-OH is 1. The van der Waals surface area contributed by atoms with Gasteiger partial charge in [0.05, 0.1) is 6.10 Å². The minimum absolute atomic E-state index is 0.0169. The van der Waals surface area contributed by atoms with Gasteiger partial charge in [-0.25, -0.2) is 0 Å². The maximum Gasteiger partial charge on any atom is 0.0940 e. The lowest BCUT2D eigenvalue weighted by Crippen LogP contribution is -2.31. The molecule has 0 saturated carbocycles. The molecule has 0 spiro atoms. The Bertz CT molecular complexity index is 507. The van der Waals surface area contributed by atoms with Crippen molar-refractivity contribution in [2.45, 2.75) is 39.0 Å². The summed E-state index contributed by atoms with van der Waals surface area (Å²) in [6.07, 6.45) is 0.586. The van der Waals surface area contributed by atoms with E-state index in [0.29, 0.717) is 0 Å². The van der Waals surface area contributed by atoms with Gasteiger partial charge in [0.25, 0.3) is 0 Å². The van der Waals surface area contributed by atoms with Crippen LogP contribution in [0, 0.1) is 0 Å². The summed E-state index contributed by atoms with van der Waals surface area (Å²) in [5, 5.41) is 13.7. The van der Waals surface area contributed by atoms with Gasteiger partial charge >= 0.3 is 0 Å². The van der Waals surface area contributed by atoms with Gasteiger partial charge in [0.2, 0.25) is 0 Å². The van der Waals surface area contributed by atoms with Gasteiger partial charge in [0, 0.05) is 12.6 Å². The van der Waals surface area contributed by atoms with Crippen LogP contribution in [-0.2, 0) is 13.0 Å². The molecular formula is C18H23NO. The summed E-state index contributed by atoms with van der Waals surface area (Å²) in [6.45, 7) is 4.94. The molecule has 106 valence electrons. The molecule has 0 fully saturated rings. The Morgan fingerprint density at radius 1 is 0.950 bits per heavy atom. The van der Waals surface area contributed by atoms with E-state index in [9.17, 15) is 5.11 Å². The number of hydrogen-bond donors (Lipinski definition) is 2. The summed E-state index contributed by atoms with van der Waals surface area (Å²) in [5.41, 5.74) is 3.55. The normalized spacial score (nSPS) is 13.9. The molecule has 0 amide bonds. The van der Waals surface area contributed by atoms with E-state index in [1.165, 1.54) is 11.1 Å². The molecule has 0 aliphatic carbocycles. The van der Waals surface area contributed by atoms with Gasteiger partial charge in [-0.1, -0.05) is 61.5 Å². The molecule has 2 heteroatoms. The minimum Gasteiger partial charge on any atom is -0.387 e. The Balaban J connectivity index is 1.89. The Morgan fingerprint density at radius 3 is 2.15 bits per heavy atom. The van der Waals surface area contributed by atoms with E-state index in [-0.39, 0.29) is 6.04 Å². The molecule has 2 nitrogen and oxygen atoms in total. The van der Waals surface area contributed by atoms with Gasteiger partial charge in [-0.2, -0.15) is 0 Å². The number of aryl methyl sites for hydroxylation is 1. The summed E-state index contributed by atoms with van der Waals surface area (Å²) in [7, 11) is 0. The average Bonchev–Trinajstić information content (AvgIpc) is 2.53. The predicted octanol–water partition coefficient (Wildman–Crippen LogP) is 3.46. The first-order chi connectivity index (χ1) is 9.70. The maximum atomic E-state index is 10.3. The number of benzene rings is 2. The quantitative estimate of drug-likeness (QED) is 0.841. The molecule has 2 atom stereocenters. The highest BCUT2D eigenvalue weighted by molar-refractivity contribution is 5.23. The third-order valence-corrected chi connectivity index (χ3v) is 3.67. The van der Waals surface area contributed by atoms with E-state index in [2.05, 4.69) is 36.5 Å². The highest BCUT2D eigenvalue weighted by Gasteiger charge is 2.15. The predicted molar refractivity (Wildman–Crippen MR) is 83.5 cm³/mol. The third-order valence-electron chi connectivity index (χ3n) is 3.67. The van der Waals surface area contributed by atoms with Crippen LogP contribution in [0.15, 0.2) is 54.6 Å². The Labute approximate surface area is 121 Å². The van der Waals surface area contributed by atoms with Crippen molar-refractivity contribution in [2.24, 2.45) is 0 Å². The summed E-state index contributed by atoms with van der Waals surface area (Å²) in [5.74, 6) is 0. The molecular weight excluding hydrogens is 246 g/mol. The van der Waals surface area contributed by atoms with Crippen LogP contribution >= 0.6 is 0 Å². The summed E-state index contributed by atoms with van der Waals surface area (Å²) < 4.78 is 0. The summed E-state index contributed by atoms with van der Waals surface area (Å²) in [6, 6.07) is 18.4. The van der Waals surface area contributed by atoms with Gasteiger partial charge < -0.3 is 10.4 Å². The second-order valence-corrected chi connectivity index (χ2v) is 5.20. The lowest BCUT2D eigenvalue weighted by molar-refractivity contribution is 0.135. The van der Waals surface area contributed by atoms with Crippen molar-refractivity contribution < 1.29 is 5.11 Å². The van der Waals surface area contributed by atoms with Crippen LogP contribution in [0.4, 0.5) is 0 Å². The largest absolute Gasteiger partial charge is 0.387 e. The van der Waals surface area contributed by atoms with Crippen molar-refractivity contribution in [3.05, 3.63) is 71.3 Å². The lowest BCUT2D eigenvalue weighted by atomic mass is 10.0. The van der Waals surface area contributed by atoms with Crippen LogP contribution in [-0.4, -0.2) is 11.1 Å². The van der Waals surface area contributed by atoms with Gasteiger partial charge in [0.15, 0.2) is 0 Å². The van der Waals surface area contributed by atoms with Gasteiger partial charge in [-0.05, 0) is 30.0 Å². The summed E-state index contributed by atoms with van der Waals surface area (Å²) in [4.78, 5) is 0. The Morgan fingerprint density at radius 2 is 1.55 bits per heavy atom. The van der Waals surface area contributed by atoms with Crippen LogP contribution in [0.2, 0.25) is 0 Å². The minimum atomic E-state index is -0.480. The molecule has 0 unspecified atom stereocenters. The SMILES string of the molecule is CCc1ccc(CN[C@H](C)[C@@H](O)c2ccccc2)cc1. The molecule has 0 aliphatic rings. The fraction of sp³-hybridized carbons (Fsp3) is 0.333. The van der Waals surface area contributed by atoms with Crippen molar-refractivity contribution in [1.82, 2.24) is 5.32 Å².